The molecule has 1 aromatic heterocycles. The first kappa shape index (κ1) is 25.7. The van der Waals surface area contributed by atoms with Gasteiger partial charge in [-0.2, -0.15) is 0 Å². The number of aromatic nitrogens is 2. The zero-order chi connectivity index (χ0) is 21.1. The van der Waals surface area contributed by atoms with Gasteiger partial charge in [0, 0.05) is 6.20 Å². The predicted octanol–water partition coefficient (Wildman–Crippen LogP) is 2.82. The quantitative estimate of drug-likeness (QED) is 0.568. The Morgan fingerprint density at radius 3 is 2.28 bits per heavy atom. The van der Waals surface area contributed by atoms with Gasteiger partial charge < -0.3 is 25.6 Å². The monoisotopic (exact) mass is 411 g/mol. The molecule has 1 amide bonds. The molecule has 9 nitrogen and oxygen atoms in total. The Morgan fingerprint density at radius 1 is 1.14 bits per heavy atom. The number of carbonyl (C=O) groups excluding carboxylic acids is 1. The molecule has 1 aromatic carbocycles. The molecule has 0 aliphatic heterocycles. The zero-order valence-corrected chi connectivity index (χ0v) is 16.3. The summed E-state index contributed by atoms with van der Waals surface area (Å²) >= 11 is 0. The molecule has 1 heterocycles. The average Bonchev–Trinajstić information content (AvgIpc) is 3.06. The van der Waals surface area contributed by atoms with Gasteiger partial charge in [-0.3, -0.25) is 9.59 Å². The van der Waals surface area contributed by atoms with Crippen molar-refractivity contribution in [2.75, 3.05) is 5.32 Å². The summed E-state index contributed by atoms with van der Waals surface area (Å²) in [5.74, 6) is -4.54. The van der Waals surface area contributed by atoms with Crippen molar-refractivity contribution in [2.45, 2.75) is 46.1 Å². The van der Waals surface area contributed by atoms with Crippen LogP contribution >= 0.6 is 0 Å². The molecule has 0 saturated carbocycles. The fourth-order valence-corrected chi connectivity index (χ4v) is 2.28. The highest BCUT2D eigenvalue weighted by Crippen LogP contribution is 2.16. The molecule has 29 heavy (non-hydrogen) atoms. The summed E-state index contributed by atoms with van der Waals surface area (Å²) in [4.78, 5) is 37.3. The van der Waals surface area contributed by atoms with E-state index in [4.69, 9.17) is 10.2 Å². The number of carbonyl (C=O) groups is 3. The Hall–Kier alpha value is -3.27. The summed E-state index contributed by atoms with van der Waals surface area (Å²) in [5.41, 5.74) is -1.11. The van der Waals surface area contributed by atoms with Crippen LogP contribution in [0.3, 0.4) is 0 Å². The number of hydrogen-bond acceptors (Lipinski definition) is 4. The van der Waals surface area contributed by atoms with Crippen LogP contribution in [0.25, 0.3) is 0 Å². The van der Waals surface area contributed by atoms with Gasteiger partial charge in [-0.15, -0.1) is 0 Å². The van der Waals surface area contributed by atoms with Crippen LogP contribution in [-0.2, 0) is 11.3 Å². The van der Waals surface area contributed by atoms with Gasteiger partial charge in [0.25, 0.3) is 5.91 Å². The number of rotatable bonds is 8. The Kier molecular flexibility index (Phi) is 11.5. The van der Waals surface area contributed by atoms with Gasteiger partial charge in [-0.05, 0) is 12.1 Å². The number of nitrogens with one attached hydrogen (secondary N) is 1. The van der Waals surface area contributed by atoms with E-state index in [0.717, 1.165) is 12.1 Å². The van der Waals surface area contributed by atoms with E-state index < -0.39 is 34.8 Å². The number of imidazole rings is 1. The Bertz CT molecular complexity index is 818. The normalized spacial score (nSPS) is 9.62. The second-order valence-electron chi connectivity index (χ2n) is 5.95. The lowest BCUT2D eigenvalue weighted by Gasteiger charge is -2.06. The molecule has 0 bridgehead atoms. The van der Waals surface area contributed by atoms with Crippen LogP contribution in [0.4, 0.5) is 10.2 Å². The van der Waals surface area contributed by atoms with Gasteiger partial charge in [0.05, 0.1) is 17.5 Å². The van der Waals surface area contributed by atoms with Crippen LogP contribution in [0.2, 0.25) is 0 Å². The molecule has 0 unspecified atom stereocenters. The number of aliphatic carboxylic acids is 1. The molecule has 2 rings (SSSR count). The third kappa shape index (κ3) is 8.52. The number of amides is 1. The molecule has 0 aliphatic carbocycles. The summed E-state index contributed by atoms with van der Waals surface area (Å²) < 4.78 is 14.9. The highest BCUT2D eigenvalue weighted by Gasteiger charge is 2.21. The number of carboxylic acids is 2. The van der Waals surface area contributed by atoms with Crippen LogP contribution in [0.1, 0.15) is 60.2 Å². The predicted molar refractivity (Wildman–Crippen MR) is 105 cm³/mol. The molecule has 0 radical (unpaired) electrons. The summed E-state index contributed by atoms with van der Waals surface area (Å²) in [6.45, 7) is 4.11. The van der Waals surface area contributed by atoms with E-state index in [0.29, 0.717) is 0 Å². The number of nitrogens with zero attached hydrogens (tertiary/aromatic N) is 2. The SMILES string of the molecule is CCCCCC.O.O=C(O)Cn1cnc(NC(=O)c2c(F)cccc2C(=O)O)c1. The molecule has 0 spiro atoms. The second kappa shape index (κ2) is 13.0. The van der Waals surface area contributed by atoms with Crippen molar-refractivity contribution in [2.24, 2.45) is 0 Å². The van der Waals surface area contributed by atoms with Crippen molar-refractivity contribution in [3.63, 3.8) is 0 Å². The van der Waals surface area contributed by atoms with E-state index in [1.165, 1.54) is 48.8 Å². The minimum Gasteiger partial charge on any atom is -0.480 e. The largest absolute Gasteiger partial charge is 0.480 e. The molecule has 0 fully saturated rings. The van der Waals surface area contributed by atoms with Crippen LogP contribution in [0.15, 0.2) is 30.7 Å². The highest BCUT2D eigenvalue weighted by atomic mass is 19.1. The maximum Gasteiger partial charge on any atom is 0.336 e. The summed E-state index contributed by atoms with van der Waals surface area (Å²) in [6, 6.07) is 3.24. The fourth-order valence-electron chi connectivity index (χ4n) is 2.28. The Morgan fingerprint density at radius 2 is 1.76 bits per heavy atom. The third-order valence-electron chi connectivity index (χ3n) is 3.62. The first-order valence-corrected chi connectivity index (χ1v) is 8.86. The van der Waals surface area contributed by atoms with Crippen molar-refractivity contribution in [1.82, 2.24) is 9.55 Å². The van der Waals surface area contributed by atoms with Crippen LogP contribution in [0.5, 0.6) is 0 Å². The number of benzene rings is 1. The molecule has 0 atom stereocenters. The number of halogens is 1. The summed E-state index contributed by atoms with van der Waals surface area (Å²) in [6.07, 6.45) is 7.94. The van der Waals surface area contributed by atoms with Gasteiger partial charge in [0.2, 0.25) is 0 Å². The number of anilines is 1. The van der Waals surface area contributed by atoms with E-state index in [-0.39, 0.29) is 17.8 Å². The van der Waals surface area contributed by atoms with Crippen molar-refractivity contribution in [1.29, 1.82) is 0 Å². The average molecular weight is 411 g/mol. The van der Waals surface area contributed by atoms with Crippen molar-refractivity contribution >= 4 is 23.7 Å². The molecule has 5 N–H and O–H groups in total. The summed E-state index contributed by atoms with van der Waals surface area (Å²) in [5, 5.41) is 19.8. The van der Waals surface area contributed by atoms with E-state index in [1.807, 2.05) is 0 Å². The number of aromatic carboxylic acids is 1. The third-order valence-corrected chi connectivity index (χ3v) is 3.62. The smallest absolute Gasteiger partial charge is 0.336 e. The Balaban J connectivity index is 0.000000981. The molecular formula is C19H26FN3O6. The van der Waals surface area contributed by atoms with Gasteiger partial charge in [-0.1, -0.05) is 45.6 Å². The van der Waals surface area contributed by atoms with Crippen molar-refractivity contribution in [3.05, 3.63) is 47.7 Å². The minimum absolute atomic E-state index is 0. The van der Waals surface area contributed by atoms with Gasteiger partial charge >= 0.3 is 11.9 Å². The van der Waals surface area contributed by atoms with Gasteiger partial charge in [-0.25, -0.2) is 14.2 Å². The maximum atomic E-state index is 13.7. The molecular weight excluding hydrogens is 385 g/mol. The van der Waals surface area contributed by atoms with Crippen LogP contribution < -0.4 is 5.32 Å². The van der Waals surface area contributed by atoms with Crippen molar-refractivity contribution in [3.8, 4) is 0 Å². The lowest BCUT2D eigenvalue weighted by Crippen LogP contribution is -2.18. The topological polar surface area (TPSA) is 153 Å². The fraction of sp³-hybridized carbons (Fsp3) is 0.368. The summed E-state index contributed by atoms with van der Waals surface area (Å²) in [7, 11) is 0. The van der Waals surface area contributed by atoms with E-state index in [1.54, 1.807) is 0 Å². The standard InChI is InChI=1S/C13H10FN3O5.C6H14.H2O/c14-8-3-1-2-7(13(21)22)11(8)12(20)16-9-4-17(6-15-9)5-10(18)19;1-3-5-6-4-2;/h1-4,6H,5H2,(H,16,20)(H,18,19)(H,21,22);3-6H2,1-2H3;1H2. The van der Waals surface area contributed by atoms with Gasteiger partial charge in [0.1, 0.15) is 12.4 Å². The van der Waals surface area contributed by atoms with E-state index in [2.05, 4.69) is 24.1 Å². The number of unbranched alkanes of at least 4 members (excludes halogenated alkanes) is 3. The lowest BCUT2D eigenvalue weighted by molar-refractivity contribution is -0.137. The lowest BCUT2D eigenvalue weighted by atomic mass is 10.1. The Labute approximate surface area is 167 Å². The van der Waals surface area contributed by atoms with E-state index >= 15 is 0 Å². The van der Waals surface area contributed by atoms with Gasteiger partial charge in [0.15, 0.2) is 5.82 Å². The molecule has 10 heteroatoms. The maximum absolute atomic E-state index is 13.7. The highest BCUT2D eigenvalue weighted by molar-refractivity contribution is 6.10. The number of carboxylic acid groups (broad SMARTS) is 2. The molecule has 0 saturated heterocycles. The minimum atomic E-state index is -1.44. The molecule has 2 aromatic rings. The zero-order valence-electron chi connectivity index (χ0n) is 16.3. The van der Waals surface area contributed by atoms with Crippen molar-refractivity contribution < 1.29 is 34.5 Å². The molecule has 0 aliphatic rings. The van der Waals surface area contributed by atoms with Crippen LogP contribution in [-0.4, -0.2) is 43.1 Å². The first-order valence-electron chi connectivity index (χ1n) is 8.86. The van der Waals surface area contributed by atoms with Crippen LogP contribution in [0, 0.1) is 5.82 Å². The first-order chi connectivity index (χ1) is 13.3. The van der Waals surface area contributed by atoms with E-state index in [9.17, 15) is 18.8 Å². The second-order valence-corrected chi connectivity index (χ2v) is 5.95. The molecule has 160 valence electrons. The number of hydrogen-bond donors (Lipinski definition) is 3.